The minimum Gasteiger partial charge on any atom is -0.278 e. The SMILES string of the molecule is Cc1ccc(C(=O)N2CCCC2=O)cn1. The molecule has 0 bridgehead atoms. The third kappa shape index (κ3) is 1.88. The van der Waals surface area contributed by atoms with Crippen molar-refractivity contribution in [3.8, 4) is 0 Å². The summed E-state index contributed by atoms with van der Waals surface area (Å²) in [5.41, 5.74) is 1.34. The highest BCUT2D eigenvalue weighted by Crippen LogP contribution is 2.13. The maximum atomic E-state index is 11.8. The second kappa shape index (κ2) is 3.81. The van der Waals surface area contributed by atoms with Crippen LogP contribution in [0.2, 0.25) is 0 Å². The van der Waals surface area contributed by atoms with E-state index in [0.717, 1.165) is 12.1 Å². The van der Waals surface area contributed by atoms with Gasteiger partial charge in [0.2, 0.25) is 5.91 Å². The normalized spacial score (nSPS) is 15.8. The molecule has 2 amide bonds. The standard InChI is InChI=1S/C11H12N2O2/c1-8-4-5-9(7-12-8)11(15)13-6-2-3-10(13)14/h4-5,7H,2-3,6H2,1H3. The molecule has 1 aromatic heterocycles. The maximum absolute atomic E-state index is 11.8. The van der Waals surface area contributed by atoms with Gasteiger partial charge in [-0.15, -0.1) is 0 Å². The van der Waals surface area contributed by atoms with Crippen molar-refractivity contribution in [2.45, 2.75) is 19.8 Å². The Morgan fingerprint density at radius 1 is 1.47 bits per heavy atom. The fraction of sp³-hybridized carbons (Fsp3) is 0.364. The number of hydrogen-bond acceptors (Lipinski definition) is 3. The summed E-state index contributed by atoms with van der Waals surface area (Å²) in [5.74, 6) is -0.314. The zero-order valence-electron chi connectivity index (χ0n) is 8.56. The monoisotopic (exact) mass is 204 g/mol. The van der Waals surface area contributed by atoms with Gasteiger partial charge >= 0.3 is 0 Å². The Hall–Kier alpha value is -1.71. The minimum absolute atomic E-state index is 0.0828. The summed E-state index contributed by atoms with van der Waals surface area (Å²) >= 11 is 0. The van der Waals surface area contributed by atoms with Crippen LogP contribution in [0.15, 0.2) is 18.3 Å². The third-order valence-corrected chi connectivity index (χ3v) is 2.48. The first-order valence-electron chi connectivity index (χ1n) is 4.96. The molecule has 0 spiro atoms. The lowest BCUT2D eigenvalue weighted by atomic mass is 10.2. The van der Waals surface area contributed by atoms with Crippen molar-refractivity contribution in [1.82, 2.24) is 9.88 Å². The van der Waals surface area contributed by atoms with Crippen LogP contribution in [0.3, 0.4) is 0 Å². The molecule has 1 fully saturated rings. The summed E-state index contributed by atoms with van der Waals surface area (Å²) in [7, 11) is 0. The van der Waals surface area contributed by atoms with Crippen LogP contribution in [0.1, 0.15) is 28.9 Å². The fourth-order valence-corrected chi connectivity index (χ4v) is 1.61. The second-order valence-corrected chi connectivity index (χ2v) is 3.64. The van der Waals surface area contributed by atoms with E-state index in [-0.39, 0.29) is 11.8 Å². The first-order chi connectivity index (χ1) is 7.18. The van der Waals surface area contributed by atoms with Crippen molar-refractivity contribution in [2.24, 2.45) is 0 Å². The van der Waals surface area contributed by atoms with Crippen LogP contribution in [0, 0.1) is 6.92 Å². The lowest BCUT2D eigenvalue weighted by Gasteiger charge is -2.12. The Labute approximate surface area is 87.9 Å². The fourth-order valence-electron chi connectivity index (χ4n) is 1.61. The van der Waals surface area contributed by atoms with Gasteiger partial charge in [0.05, 0.1) is 5.56 Å². The summed E-state index contributed by atoms with van der Waals surface area (Å²) < 4.78 is 0. The van der Waals surface area contributed by atoms with Gasteiger partial charge in [-0.05, 0) is 25.5 Å². The van der Waals surface area contributed by atoms with Gasteiger partial charge < -0.3 is 0 Å². The predicted octanol–water partition coefficient (Wildman–Crippen LogP) is 1.15. The number of aromatic nitrogens is 1. The Kier molecular flexibility index (Phi) is 2.49. The number of amides is 2. The lowest BCUT2D eigenvalue weighted by Crippen LogP contribution is -2.31. The average molecular weight is 204 g/mol. The Morgan fingerprint density at radius 2 is 2.27 bits per heavy atom. The molecule has 0 N–H and O–H groups in total. The van der Waals surface area contributed by atoms with E-state index in [2.05, 4.69) is 4.98 Å². The number of likely N-dealkylation sites (tertiary alicyclic amines) is 1. The van der Waals surface area contributed by atoms with E-state index in [4.69, 9.17) is 0 Å². The van der Waals surface area contributed by atoms with Gasteiger partial charge in [-0.2, -0.15) is 0 Å². The van der Waals surface area contributed by atoms with Crippen molar-refractivity contribution >= 4 is 11.8 Å². The number of carbonyl (C=O) groups is 2. The molecule has 0 aliphatic carbocycles. The van der Waals surface area contributed by atoms with Crippen LogP contribution in [0.25, 0.3) is 0 Å². The molecule has 1 aliphatic heterocycles. The molecule has 4 nitrogen and oxygen atoms in total. The van der Waals surface area contributed by atoms with Crippen LogP contribution < -0.4 is 0 Å². The largest absolute Gasteiger partial charge is 0.278 e. The molecule has 4 heteroatoms. The highest BCUT2D eigenvalue weighted by molar-refractivity contribution is 6.05. The maximum Gasteiger partial charge on any atom is 0.262 e. The highest BCUT2D eigenvalue weighted by Gasteiger charge is 2.27. The van der Waals surface area contributed by atoms with Gasteiger partial charge in [0, 0.05) is 24.9 Å². The van der Waals surface area contributed by atoms with Crippen LogP contribution >= 0.6 is 0 Å². The number of imide groups is 1. The van der Waals surface area contributed by atoms with E-state index < -0.39 is 0 Å². The summed E-state index contributed by atoms with van der Waals surface area (Å²) in [5, 5.41) is 0. The van der Waals surface area contributed by atoms with Crippen LogP contribution in [-0.4, -0.2) is 28.2 Å². The zero-order valence-corrected chi connectivity index (χ0v) is 8.56. The van der Waals surface area contributed by atoms with Crippen molar-refractivity contribution < 1.29 is 9.59 Å². The molecule has 0 atom stereocenters. The first kappa shape index (κ1) is 9.83. The molecule has 1 aliphatic rings. The average Bonchev–Trinajstić information content (AvgIpc) is 2.65. The number of carbonyl (C=O) groups excluding carboxylic acids is 2. The second-order valence-electron chi connectivity index (χ2n) is 3.64. The minimum atomic E-state index is -0.231. The van der Waals surface area contributed by atoms with Gasteiger partial charge in [0.15, 0.2) is 0 Å². The van der Waals surface area contributed by atoms with E-state index in [1.807, 2.05) is 6.92 Å². The summed E-state index contributed by atoms with van der Waals surface area (Å²) in [6.45, 7) is 2.39. The van der Waals surface area contributed by atoms with Crippen LogP contribution in [-0.2, 0) is 4.79 Å². The summed E-state index contributed by atoms with van der Waals surface area (Å²) in [4.78, 5) is 28.5. The number of rotatable bonds is 1. The first-order valence-corrected chi connectivity index (χ1v) is 4.96. The summed E-state index contributed by atoms with van der Waals surface area (Å²) in [6.07, 6.45) is 2.76. The third-order valence-electron chi connectivity index (χ3n) is 2.48. The van der Waals surface area contributed by atoms with Gasteiger partial charge in [-0.1, -0.05) is 0 Å². The molecule has 1 aromatic rings. The smallest absolute Gasteiger partial charge is 0.262 e. The van der Waals surface area contributed by atoms with Gasteiger partial charge in [0.25, 0.3) is 5.91 Å². The topological polar surface area (TPSA) is 50.3 Å². The van der Waals surface area contributed by atoms with Crippen molar-refractivity contribution in [1.29, 1.82) is 0 Å². The predicted molar refractivity (Wildman–Crippen MR) is 54.3 cm³/mol. The van der Waals surface area contributed by atoms with Gasteiger partial charge in [-0.25, -0.2) is 0 Å². The highest BCUT2D eigenvalue weighted by atomic mass is 16.2. The van der Waals surface area contributed by atoms with Crippen molar-refractivity contribution in [2.75, 3.05) is 6.54 Å². The van der Waals surface area contributed by atoms with E-state index in [0.29, 0.717) is 18.5 Å². The van der Waals surface area contributed by atoms with Crippen molar-refractivity contribution in [3.63, 3.8) is 0 Å². The van der Waals surface area contributed by atoms with Crippen LogP contribution in [0.4, 0.5) is 0 Å². The van der Waals surface area contributed by atoms with E-state index in [1.165, 1.54) is 11.1 Å². The molecular weight excluding hydrogens is 192 g/mol. The molecular formula is C11H12N2O2. The Morgan fingerprint density at radius 3 is 2.80 bits per heavy atom. The molecule has 0 saturated carbocycles. The van der Waals surface area contributed by atoms with Gasteiger partial charge in [-0.3, -0.25) is 19.5 Å². The molecule has 2 rings (SSSR count). The van der Waals surface area contributed by atoms with E-state index in [1.54, 1.807) is 12.1 Å². The molecule has 2 heterocycles. The molecule has 0 aromatic carbocycles. The number of pyridine rings is 1. The molecule has 0 radical (unpaired) electrons. The number of aryl methyl sites for hydroxylation is 1. The molecule has 1 saturated heterocycles. The molecule has 78 valence electrons. The quantitative estimate of drug-likeness (QED) is 0.645. The Bertz CT molecular complexity index is 398. The van der Waals surface area contributed by atoms with Gasteiger partial charge in [0.1, 0.15) is 0 Å². The van der Waals surface area contributed by atoms with E-state index in [9.17, 15) is 9.59 Å². The van der Waals surface area contributed by atoms with Crippen molar-refractivity contribution in [3.05, 3.63) is 29.6 Å². The van der Waals surface area contributed by atoms with E-state index >= 15 is 0 Å². The molecule has 0 unspecified atom stereocenters. The lowest BCUT2D eigenvalue weighted by molar-refractivity contribution is -0.125. The summed E-state index contributed by atoms with van der Waals surface area (Å²) in [6, 6.07) is 3.48. The number of hydrogen-bond donors (Lipinski definition) is 0. The zero-order chi connectivity index (χ0) is 10.8. The molecule has 15 heavy (non-hydrogen) atoms. The number of nitrogens with zero attached hydrogens (tertiary/aromatic N) is 2. The van der Waals surface area contributed by atoms with Crippen LogP contribution in [0.5, 0.6) is 0 Å². The Balaban J connectivity index is 2.20.